The quantitative estimate of drug-likeness (QED) is 0.785. The first-order chi connectivity index (χ1) is 9.35. The highest BCUT2D eigenvalue weighted by atomic mass is 35.5. The van der Waals surface area contributed by atoms with E-state index in [1.165, 1.54) is 18.3 Å². The van der Waals surface area contributed by atoms with Gasteiger partial charge in [0, 0.05) is 10.6 Å². The number of halogens is 3. The van der Waals surface area contributed by atoms with Gasteiger partial charge in [0.25, 0.3) is 10.0 Å². The molecule has 0 aliphatic carbocycles. The van der Waals surface area contributed by atoms with Crippen LogP contribution >= 0.6 is 34.8 Å². The number of hydrogen-bond donors (Lipinski definition) is 3. The number of nitrogens with one attached hydrogen (secondary N) is 2. The average molecular weight is 357 g/mol. The molecule has 2 rings (SSSR count). The summed E-state index contributed by atoms with van der Waals surface area (Å²) in [5, 5.41) is 15.0. The molecule has 1 aromatic heterocycles. The second-order valence-corrected chi connectivity index (χ2v) is 6.60. The van der Waals surface area contributed by atoms with Crippen LogP contribution in [0.15, 0.2) is 23.4 Å². The predicted molar refractivity (Wildman–Crippen MR) is 76.8 cm³/mol. The van der Waals surface area contributed by atoms with Crippen LogP contribution in [-0.4, -0.2) is 23.7 Å². The summed E-state index contributed by atoms with van der Waals surface area (Å²) in [6, 6.07) is 2.71. The maximum Gasteiger partial charge on any atom is 0.279 e. The van der Waals surface area contributed by atoms with Crippen molar-refractivity contribution in [2.75, 3.05) is 4.72 Å². The van der Waals surface area contributed by atoms with Crippen LogP contribution in [0.25, 0.3) is 0 Å². The fourth-order valence-corrected chi connectivity index (χ4v) is 3.72. The lowest BCUT2D eigenvalue weighted by molar-refractivity contribution is 0.278. The van der Waals surface area contributed by atoms with E-state index in [4.69, 9.17) is 39.9 Å². The van der Waals surface area contributed by atoms with Crippen LogP contribution in [-0.2, 0) is 16.6 Å². The summed E-state index contributed by atoms with van der Waals surface area (Å²) in [5.74, 6) is 0. The predicted octanol–water partition coefficient (Wildman–Crippen LogP) is 2.66. The first-order valence-corrected chi connectivity index (χ1v) is 7.77. The lowest BCUT2D eigenvalue weighted by atomic mass is 10.3. The number of H-pyrrole nitrogens is 1. The number of nitrogens with zero attached hydrogens (tertiary/aromatic N) is 1. The third kappa shape index (κ3) is 3.02. The van der Waals surface area contributed by atoms with Crippen molar-refractivity contribution in [3.8, 4) is 0 Å². The molecule has 0 spiro atoms. The zero-order chi connectivity index (χ0) is 14.9. The molecule has 0 radical (unpaired) electrons. The molecule has 0 amide bonds. The molecule has 0 unspecified atom stereocenters. The highest BCUT2D eigenvalue weighted by Crippen LogP contribution is 2.35. The lowest BCUT2D eigenvalue weighted by Crippen LogP contribution is -2.16. The van der Waals surface area contributed by atoms with Crippen LogP contribution in [0.2, 0.25) is 15.1 Å². The van der Waals surface area contributed by atoms with Gasteiger partial charge in [-0.05, 0) is 12.1 Å². The van der Waals surface area contributed by atoms with E-state index in [-0.39, 0.29) is 31.3 Å². The lowest BCUT2D eigenvalue weighted by Gasteiger charge is -2.11. The van der Waals surface area contributed by atoms with Crippen LogP contribution in [0.1, 0.15) is 5.56 Å². The number of anilines is 1. The molecule has 1 heterocycles. The minimum absolute atomic E-state index is 0.00350. The molecule has 0 atom stereocenters. The first-order valence-electron chi connectivity index (χ1n) is 5.15. The Morgan fingerprint density at radius 1 is 1.25 bits per heavy atom. The Labute approximate surface area is 129 Å². The van der Waals surface area contributed by atoms with Gasteiger partial charge in [0.1, 0.15) is 0 Å². The Kier molecular flexibility index (Phi) is 4.46. The molecule has 0 fully saturated rings. The highest BCUT2D eigenvalue weighted by molar-refractivity contribution is 7.92. The van der Waals surface area contributed by atoms with Crippen molar-refractivity contribution in [1.82, 2.24) is 10.2 Å². The number of benzene rings is 1. The molecule has 3 N–H and O–H groups in total. The van der Waals surface area contributed by atoms with Gasteiger partial charge >= 0.3 is 0 Å². The van der Waals surface area contributed by atoms with Gasteiger partial charge in [0.05, 0.1) is 28.5 Å². The standard InChI is InChI=1S/C10H8Cl3N3O3S/c11-6-1-7(12)9(8(13)2-6)16-20(18,19)10-5(4-17)3-14-15-10/h1-3,16-17H,4H2,(H,14,15). The molecular formula is C10H8Cl3N3O3S. The van der Waals surface area contributed by atoms with Crippen molar-refractivity contribution in [1.29, 1.82) is 0 Å². The van der Waals surface area contributed by atoms with Gasteiger partial charge in [-0.3, -0.25) is 9.82 Å². The van der Waals surface area contributed by atoms with Crippen molar-refractivity contribution in [3.05, 3.63) is 39.0 Å². The van der Waals surface area contributed by atoms with Crippen LogP contribution in [0, 0.1) is 0 Å². The van der Waals surface area contributed by atoms with E-state index >= 15 is 0 Å². The topological polar surface area (TPSA) is 95.1 Å². The highest BCUT2D eigenvalue weighted by Gasteiger charge is 2.23. The fraction of sp³-hybridized carbons (Fsp3) is 0.100. The van der Waals surface area contributed by atoms with Gasteiger partial charge < -0.3 is 5.11 Å². The van der Waals surface area contributed by atoms with Crippen LogP contribution < -0.4 is 4.72 Å². The molecule has 0 saturated heterocycles. The van der Waals surface area contributed by atoms with E-state index in [0.717, 1.165) is 0 Å². The molecule has 6 nitrogen and oxygen atoms in total. The van der Waals surface area contributed by atoms with E-state index in [0.29, 0.717) is 0 Å². The second-order valence-electron chi connectivity index (χ2n) is 3.73. The van der Waals surface area contributed by atoms with E-state index in [1.54, 1.807) is 0 Å². The molecule has 108 valence electrons. The summed E-state index contributed by atoms with van der Waals surface area (Å²) in [7, 11) is -4.01. The Hall–Kier alpha value is -0.990. The smallest absolute Gasteiger partial charge is 0.279 e. The molecule has 20 heavy (non-hydrogen) atoms. The maximum atomic E-state index is 12.2. The Morgan fingerprint density at radius 2 is 1.85 bits per heavy atom. The minimum Gasteiger partial charge on any atom is -0.392 e. The number of hydrogen-bond acceptors (Lipinski definition) is 4. The molecule has 0 aliphatic rings. The normalized spacial score (nSPS) is 11.6. The molecule has 10 heteroatoms. The van der Waals surface area contributed by atoms with Gasteiger partial charge in [-0.15, -0.1) is 0 Å². The summed E-state index contributed by atoms with van der Waals surface area (Å²) < 4.78 is 26.6. The van der Waals surface area contributed by atoms with E-state index in [9.17, 15) is 8.42 Å². The number of aliphatic hydroxyl groups excluding tert-OH is 1. The van der Waals surface area contributed by atoms with Gasteiger partial charge in [-0.2, -0.15) is 13.5 Å². The molecular weight excluding hydrogens is 349 g/mol. The maximum absolute atomic E-state index is 12.2. The Balaban J connectivity index is 2.44. The van der Waals surface area contributed by atoms with Gasteiger partial charge in [0.2, 0.25) is 0 Å². The van der Waals surface area contributed by atoms with Crippen molar-refractivity contribution in [2.24, 2.45) is 0 Å². The van der Waals surface area contributed by atoms with E-state index < -0.39 is 16.6 Å². The molecule has 0 saturated carbocycles. The SMILES string of the molecule is O=S(=O)(Nc1c(Cl)cc(Cl)cc1Cl)c1[nH]ncc1CO. The number of sulfonamides is 1. The number of aromatic amines is 1. The van der Waals surface area contributed by atoms with Crippen molar-refractivity contribution in [3.63, 3.8) is 0 Å². The third-order valence-corrected chi connectivity index (χ3v) is 4.54. The summed E-state index contributed by atoms with van der Waals surface area (Å²) in [4.78, 5) is 0. The number of aromatic nitrogens is 2. The van der Waals surface area contributed by atoms with Gasteiger partial charge in [-0.25, -0.2) is 0 Å². The molecule has 2 aromatic rings. The second kappa shape index (κ2) is 5.79. The summed E-state index contributed by atoms with van der Waals surface area (Å²) in [6.07, 6.45) is 1.21. The van der Waals surface area contributed by atoms with E-state index in [2.05, 4.69) is 14.9 Å². The molecule has 0 aliphatic heterocycles. The third-order valence-electron chi connectivity index (χ3n) is 2.36. The summed E-state index contributed by atoms with van der Waals surface area (Å²) in [6.45, 7) is -0.477. The van der Waals surface area contributed by atoms with Crippen LogP contribution in [0.5, 0.6) is 0 Å². The number of aliphatic hydroxyl groups is 1. The van der Waals surface area contributed by atoms with Crippen molar-refractivity contribution < 1.29 is 13.5 Å². The van der Waals surface area contributed by atoms with E-state index in [1.807, 2.05) is 0 Å². The van der Waals surface area contributed by atoms with Crippen LogP contribution in [0.3, 0.4) is 0 Å². The molecule has 1 aromatic carbocycles. The largest absolute Gasteiger partial charge is 0.392 e. The van der Waals surface area contributed by atoms with Crippen LogP contribution in [0.4, 0.5) is 5.69 Å². The minimum atomic E-state index is -4.01. The summed E-state index contributed by atoms with van der Waals surface area (Å²) >= 11 is 17.6. The van der Waals surface area contributed by atoms with Gasteiger partial charge in [-0.1, -0.05) is 34.8 Å². The zero-order valence-electron chi connectivity index (χ0n) is 9.69. The zero-order valence-corrected chi connectivity index (χ0v) is 12.8. The monoisotopic (exact) mass is 355 g/mol. The Bertz CT molecular complexity index is 722. The first kappa shape index (κ1) is 15.4. The fourth-order valence-electron chi connectivity index (χ4n) is 1.47. The summed E-state index contributed by atoms with van der Waals surface area (Å²) in [5.41, 5.74) is 0.120. The average Bonchev–Trinajstić information content (AvgIpc) is 2.83. The number of rotatable bonds is 4. The molecule has 0 bridgehead atoms. The van der Waals surface area contributed by atoms with Gasteiger partial charge in [0.15, 0.2) is 5.03 Å². The van der Waals surface area contributed by atoms with Crippen molar-refractivity contribution >= 4 is 50.5 Å². The Morgan fingerprint density at radius 3 is 2.40 bits per heavy atom. The van der Waals surface area contributed by atoms with Crippen molar-refractivity contribution in [2.45, 2.75) is 11.6 Å².